The number of allylic oxidation sites excluding steroid dienone is 1. The van der Waals surface area contributed by atoms with Gasteiger partial charge in [0, 0.05) is 0 Å². The highest BCUT2D eigenvalue weighted by molar-refractivity contribution is 6.74. The van der Waals surface area contributed by atoms with E-state index in [4.69, 9.17) is 9.16 Å². The zero-order valence-corrected chi connectivity index (χ0v) is 15.8. The van der Waals surface area contributed by atoms with Gasteiger partial charge in [0.05, 0.1) is 13.2 Å². The largest absolute Gasteiger partial charge is 0.497 e. The molecule has 1 aromatic rings. The van der Waals surface area contributed by atoms with Crippen LogP contribution in [0.5, 0.6) is 5.75 Å². The Morgan fingerprint density at radius 2 is 1.91 bits per heavy atom. The van der Waals surface area contributed by atoms with Gasteiger partial charge in [-0.05, 0) is 54.6 Å². The van der Waals surface area contributed by atoms with Crippen LogP contribution in [-0.2, 0) is 10.8 Å². The first-order chi connectivity index (χ1) is 10.2. The van der Waals surface area contributed by atoms with E-state index in [-0.39, 0.29) is 11.1 Å². The molecular formula is C19H30O2Si. The Balaban J connectivity index is 1.92. The molecule has 0 aliphatic heterocycles. The average Bonchev–Trinajstić information content (AvgIpc) is 2.84. The minimum Gasteiger partial charge on any atom is -0.497 e. The van der Waals surface area contributed by atoms with Gasteiger partial charge in [0.1, 0.15) is 5.75 Å². The lowest BCUT2D eigenvalue weighted by Gasteiger charge is -2.38. The summed E-state index contributed by atoms with van der Waals surface area (Å²) in [6, 6.07) is 8.38. The van der Waals surface area contributed by atoms with Gasteiger partial charge < -0.3 is 9.16 Å². The molecule has 2 nitrogen and oxygen atoms in total. The van der Waals surface area contributed by atoms with E-state index in [0.717, 1.165) is 18.6 Å². The highest BCUT2D eigenvalue weighted by atomic mass is 28.4. The minimum atomic E-state index is -1.68. The molecule has 0 N–H and O–H groups in total. The molecule has 22 heavy (non-hydrogen) atoms. The normalized spacial score (nSPS) is 22.1. The second-order valence-corrected chi connectivity index (χ2v) is 12.6. The summed E-state index contributed by atoms with van der Waals surface area (Å²) in [4.78, 5) is 0. The minimum absolute atomic E-state index is 0.270. The smallest absolute Gasteiger partial charge is 0.192 e. The Morgan fingerprint density at radius 1 is 1.18 bits per heavy atom. The van der Waals surface area contributed by atoms with Gasteiger partial charge in [0.15, 0.2) is 8.32 Å². The van der Waals surface area contributed by atoms with Crippen LogP contribution in [0, 0.1) is 5.92 Å². The van der Waals surface area contributed by atoms with E-state index in [2.05, 4.69) is 64.2 Å². The number of hydrogen-bond acceptors (Lipinski definition) is 2. The van der Waals surface area contributed by atoms with Gasteiger partial charge in [0.2, 0.25) is 0 Å². The second kappa shape index (κ2) is 6.59. The molecule has 0 amide bonds. The maximum atomic E-state index is 6.50. The molecule has 0 spiro atoms. The molecule has 0 radical (unpaired) electrons. The third-order valence-electron chi connectivity index (χ3n) is 5.02. The summed E-state index contributed by atoms with van der Waals surface area (Å²) in [5, 5.41) is 0.270. The molecular weight excluding hydrogens is 288 g/mol. The van der Waals surface area contributed by atoms with Crippen LogP contribution in [0.25, 0.3) is 0 Å². The lowest BCUT2D eigenvalue weighted by Crippen LogP contribution is -2.43. The second-order valence-electron chi connectivity index (χ2n) is 7.85. The maximum Gasteiger partial charge on any atom is 0.192 e. The summed E-state index contributed by atoms with van der Waals surface area (Å²) in [6.07, 6.45) is 7.05. The van der Waals surface area contributed by atoms with Crippen LogP contribution in [0.1, 0.15) is 32.8 Å². The van der Waals surface area contributed by atoms with Crippen LogP contribution in [0.4, 0.5) is 0 Å². The fourth-order valence-electron chi connectivity index (χ4n) is 2.63. The van der Waals surface area contributed by atoms with Crippen molar-refractivity contribution in [3.63, 3.8) is 0 Å². The van der Waals surface area contributed by atoms with Crippen LogP contribution in [0.2, 0.25) is 18.1 Å². The Morgan fingerprint density at radius 3 is 2.55 bits per heavy atom. The van der Waals surface area contributed by atoms with Crippen molar-refractivity contribution in [3.8, 4) is 5.75 Å². The average molecular weight is 319 g/mol. The van der Waals surface area contributed by atoms with E-state index in [1.165, 1.54) is 5.56 Å². The third kappa shape index (κ3) is 4.23. The Labute approximate surface area is 136 Å². The zero-order valence-electron chi connectivity index (χ0n) is 14.8. The van der Waals surface area contributed by atoms with Crippen molar-refractivity contribution in [2.45, 2.75) is 57.8 Å². The van der Waals surface area contributed by atoms with Crippen molar-refractivity contribution >= 4 is 8.32 Å². The van der Waals surface area contributed by atoms with Crippen molar-refractivity contribution < 1.29 is 9.16 Å². The number of hydrogen-bond donors (Lipinski definition) is 0. The molecule has 0 saturated heterocycles. The molecule has 3 heteroatoms. The molecule has 1 aliphatic carbocycles. The van der Waals surface area contributed by atoms with Crippen LogP contribution in [0.15, 0.2) is 36.4 Å². The van der Waals surface area contributed by atoms with Gasteiger partial charge in [-0.2, -0.15) is 0 Å². The quantitative estimate of drug-likeness (QED) is 0.548. The Hall–Kier alpha value is -1.06. The van der Waals surface area contributed by atoms with Crippen molar-refractivity contribution in [3.05, 3.63) is 42.0 Å². The first-order valence-electron chi connectivity index (χ1n) is 8.20. The lowest BCUT2D eigenvalue weighted by molar-refractivity contribution is 0.212. The first-order valence-corrected chi connectivity index (χ1v) is 11.1. The fourth-order valence-corrected chi connectivity index (χ4v) is 3.92. The van der Waals surface area contributed by atoms with E-state index in [1.807, 2.05) is 6.07 Å². The maximum absolute atomic E-state index is 6.50. The third-order valence-corrected chi connectivity index (χ3v) is 9.52. The predicted octanol–water partition coefficient (Wildman–Crippen LogP) is 5.20. The van der Waals surface area contributed by atoms with E-state index >= 15 is 0 Å². The van der Waals surface area contributed by atoms with Crippen LogP contribution in [0.3, 0.4) is 0 Å². The van der Waals surface area contributed by atoms with E-state index < -0.39 is 8.32 Å². The fraction of sp³-hybridized carbons (Fsp3) is 0.579. The summed E-state index contributed by atoms with van der Waals surface area (Å²) in [7, 11) is 0.0424. The number of rotatable bonds is 5. The van der Waals surface area contributed by atoms with Crippen molar-refractivity contribution in [2.75, 3.05) is 7.11 Å². The van der Waals surface area contributed by atoms with Crippen LogP contribution >= 0.6 is 0 Å². The van der Waals surface area contributed by atoms with Crippen LogP contribution in [-0.4, -0.2) is 21.5 Å². The molecule has 1 aliphatic rings. The molecule has 1 aromatic carbocycles. The van der Waals surface area contributed by atoms with Gasteiger partial charge in [-0.1, -0.05) is 45.1 Å². The predicted molar refractivity (Wildman–Crippen MR) is 96.0 cm³/mol. The summed E-state index contributed by atoms with van der Waals surface area (Å²) in [5.74, 6) is 1.51. The molecule has 0 unspecified atom stereocenters. The number of methoxy groups -OCH3 is 1. The van der Waals surface area contributed by atoms with Crippen molar-refractivity contribution in [2.24, 2.45) is 5.92 Å². The first kappa shape index (κ1) is 17.3. The van der Waals surface area contributed by atoms with E-state index in [1.54, 1.807) is 7.11 Å². The number of benzene rings is 1. The highest BCUT2D eigenvalue weighted by Crippen LogP contribution is 2.39. The lowest BCUT2D eigenvalue weighted by atomic mass is 9.98. The Bertz CT molecular complexity index is 528. The standard InChI is InChI=1S/C19H30O2Si/c1-19(2,3)22(5,6)21-18-11-10-16(14-18)12-15-8-7-9-17(13-15)20-4/h7-11,13,16,18H,12,14H2,1-6H3/t16-,18+/m0/s1. The van der Waals surface area contributed by atoms with Gasteiger partial charge in [-0.25, -0.2) is 0 Å². The van der Waals surface area contributed by atoms with Crippen LogP contribution < -0.4 is 4.74 Å². The summed E-state index contributed by atoms with van der Waals surface area (Å²) < 4.78 is 11.8. The molecule has 122 valence electrons. The zero-order chi connectivity index (χ0) is 16.4. The Kier molecular flexibility index (Phi) is 5.18. The summed E-state index contributed by atoms with van der Waals surface area (Å²) in [5.41, 5.74) is 1.34. The topological polar surface area (TPSA) is 18.5 Å². The van der Waals surface area contributed by atoms with Crippen molar-refractivity contribution in [1.82, 2.24) is 0 Å². The highest BCUT2D eigenvalue weighted by Gasteiger charge is 2.39. The van der Waals surface area contributed by atoms with E-state index in [9.17, 15) is 0 Å². The molecule has 0 fully saturated rings. The van der Waals surface area contributed by atoms with Gasteiger partial charge in [-0.15, -0.1) is 0 Å². The molecule has 0 aromatic heterocycles. The van der Waals surface area contributed by atoms with E-state index in [0.29, 0.717) is 5.92 Å². The monoisotopic (exact) mass is 318 g/mol. The van der Waals surface area contributed by atoms with Crippen molar-refractivity contribution in [1.29, 1.82) is 0 Å². The van der Waals surface area contributed by atoms with Gasteiger partial charge >= 0.3 is 0 Å². The summed E-state index contributed by atoms with van der Waals surface area (Å²) >= 11 is 0. The number of ether oxygens (including phenoxy) is 1. The molecule has 2 atom stereocenters. The molecule has 0 bridgehead atoms. The molecule has 2 rings (SSSR count). The van der Waals surface area contributed by atoms with Gasteiger partial charge in [0.25, 0.3) is 0 Å². The molecule has 0 saturated carbocycles. The SMILES string of the molecule is COc1cccc(C[C@@H]2C=C[C@@H](O[Si](C)(C)C(C)(C)C)C2)c1. The molecule has 0 heterocycles. The van der Waals surface area contributed by atoms with Gasteiger partial charge in [-0.3, -0.25) is 0 Å². The summed E-state index contributed by atoms with van der Waals surface area (Å²) in [6.45, 7) is 11.6.